The van der Waals surface area contributed by atoms with Gasteiger partial charge in [0.05, 0.1) is 11.1 Å². The van der Waals surface area contributed by atoms with Crippen LogP contribution in [0.4, 0.5) is 0 Å². The molecule has 5 heteroatoms. The Morgan fingerprint density at radius 3 is 2.89 bits per heavy atom. The monoisotopic (exact) mass is 261 g/mol. The lowest BCUT2D eigenvalue weighted by Gasteiger charge is -2.24. The molecule has 1 amide bonds. The number of fused-ring (bicyclic) bond motifs is 1. The molecular formula is C14H19N3O2. The normalized spacial score (nSPS) is 11.7. The second kappa shape index (κ2) is 5.40. The highest BCUT2D eigenvalue weighted by molar-refractivity contribution is 6.04. The molecule has 0 aliphatic heterocycles. The third-order valence-corrected chi connectivity index (χ3v) is 2.90. The average molecular weight is 261 g/mol. The molecule has 2 aromatic rings. The van der Waals surface area contributed by atoms with E-state index in [1.54, 1.807) is 0 Å². The lowest BCUT2D eigenvalue weighted by molar-refractivity contribution is -0.00817. The SMILES string of the molecule is CCOC(C)(C)CNC(=O)c1n[nH]c2ccccc12. The van der Waals surface area contributed by atoms with Crippen molar-refractivity contribution in [3.63, 3.8) is 0 Å². The first-order valence-corrected chi connectivity index (χ1v) is 6.39. The molecule has 5 nitrogen and oxygen atoms in total. The first-order valence-electron chi connectivity index (χ1n) is 6.39. The topological polar surface area (TPSA) is 67.0 Å². The van der Waals surface area contributed by atoms with Crippen molar-refractivity contribution in [3.8, 4) is 0 Å². The summed E-state index contributed by atoms with van der Waals surface area (Å²) < 4.78 is 5.54. The van der Waals surface area contributed by atoms with E-state index < -0.39 is 0 Å². The molecule has 0 aliphatic rings. The van der Waals surface area contributed by atoms with Gasteiger partial charge in [-0.1, -0.05) is 18.2 Å². The number of ether oxygens (including phenoxy) is 1. The first kappa shape index (κ1) is 13.5. The van der Waals surface area contributed by atoms with Crippen molar-refractivity contribution in [2.24, 2.45) is 0 Å². The zero-order valence-electron chi connectivity index (χ0n) is 11.5. The number of carbonyl (C=O) groups excluding carboxylic acids is 1. The molecule has 0 bridgehead atoms. The summed E-state index contributed by atoms with van der Waals surface area (Å²) in [5.74, 6) is -0.190. The van der Waals surface area contributed by atoms with E-state index in [1.165, 1.54) is 0 Å². The highest BCUT2D eigenvalue weighted by atomic mass is 16.5. The highest BCUT2D eigenvalue weighted by Gasteiger charge is 2.20. The van der Waals surface area contributed by atoms with Crippen LogP contribution in [0.15, 0.2) is 24.3 Å². The van der Waals surface area contributed by atoms with Gasteiger partial charge in [0.25, 0.3) is 5.91 Å². The quantitative estimate of drug-likeness (QED) is 0.866. The molecule has 1 aromatic carbocycles. The molecule has 0 aliphatic carbocycles. The van der Waals surface area contributed by atoms with Crippen LogP contribution in [0, 0.1) is 0 Å². The van der Waals surface area contributed by atoms with Crippen LogP contribution >= 0.6 is 0 Å². The number of aromatic amines is 1. The van der Waals surface area contributed by atoms with Crippen molar-refractivity contribution in [2.75, 3.05) is 13.2 Å². The maximum atomic E-state index is 12.1. The molecule has 1 heterocycles. The number of carbonyl (C=O) groups is 1. The minimum atomic E-state index is -0.378. The molecule has 0 saturated carbocycles. The standard InChI is InChI=1S/C14H19N3O2/c1-4-19-14(2,3)9-15-13(18)12-10-7-5-6-8-11(10)16-17-12/h5-8H,4,9H2,1-3H3,(H,15,18)(H,16,17). The zero-order chi connectivity index (χ0) is 13.9. The van der Waals surface area contributed by atoms with Crippen molar-refractivity contribution >= 4 is 16.8 Å². The number of H-pyrrole nitrogens is 1. The van der Waals surface area contributed by atoms with Crippen LogP contribution in [-0.4, -0.2) is 34.9 Å². The van der Waals surface area contributed by atoms with Crippen molar-refractivity contribution in [1.29, 1.82) is 0 Å². The van der Waals surface area contributed by atoms with Crippen LogP contribution < -0.4 is 5.32 Å². The predicted molar refractivity (Wildman–Crippen MR) is 74.1 cm³/mol. The fraction of sp³-hybridized carbons (Fsp3) is 0.429. The van der Waals surface area contributed by atoms with Crippen LogP contribution in [0.25, 0.3) is 10.9 Å². The van der Waals surface area contributed by atoms with E-state index in [0.29, 0.717) is 18.8 Å². The number of amides is 1. The van der Waals surface area contributed by atoms with Gasteiger partial charge in [0.2, 0.25) is 0 Å². The average Bonchev–Trinajstić information content (AvgIpc) is 2.80. The van der Waals surface area contributed by atoms with Crippen molar-refractivity contribution in [1.82, 2.24) is 15.5 Å². The molecule has 0 spiro atoms. The Kier molecular flexibility index (Phi) is 3.85. The maximum absolute atomic E-state index is 12.1. The number of benzene rings is 1. The Balaban J connectivity index is 2.08. The Labute approximate surface area is 112 Å². The van der Waals surface area contributed by atoms with Crippen LogP contribution in [0.1, 0.15) is 31.3 Å². The minimum Gasteiger partial charge on any atom is -0.374 e. The van der Waals surface area contributed by atoms with Crippen molar-refractivity contribution in [2.45, 2.75) is 26.4 Å². The molecule has 1 aromatic heterocycles. The third-order valence-electron chi connectivity index (χ3n) is 2.90. The zero-order valence-corrected chi connectivity index (χ0v) is 11.5. The summed E-state index contributed by atoms with van der Waals surface area (Å²) in [5, 5.41) is 10.6. The summed E-state index contributed by atoms with van der Waals surface area (Å²) in [5.41, 5.74) is 0.899. The Morgan fingerprint density at radius 1 is 1.42 bits per heavy atom. The summed E-state index contributed by atoms with van der Waals surface area (Å²) in [6.45, 7) is 6.89. The van der Waals surface area contributed by atoms with E-state index in [0.717, 1.165) is 10.9 Å². The number of hydrogen-bond acceptors (Lipinski definition) is 3. The molecule has 0 atom stereocenters. The maximum Gasteiger partial charge on any atom is 0.272 e. The minimum absolute atomic E-state index is 0.190. The Hall–Kier alpha value is -1.88. The number of rotatable bonds is 5. The van der Waals surface area contributed by atoms with Gasteiger partial charge in [-0.05, 0) is 26.8 Å². The summed E-state index contributed by atoms with van der Waals surface area (Å²) in [6, 6.07) is 7.56. The van der Waals surface area contributed by atoms with Crippen LogP contribution in [-0.2, 0) is 4.74 Å². The molecule has 102 valence electrons. The van der Waals surface area contributed by atoms with Gasteiger partial charge in [0, 0.05) is 18.5 Å². The number of nitrogens with zero attached hydrogens (tertiary/aromatic N) is 1. The molecule has 0 unspecified atom stereocenters. The van der Waals surface area contributed by atoms with Crippen LogP contribution in [0.5, 0.6) is 0 Å². The van der Waals surface area contributed by atoms with Crippen LogP contribution in [0.2, 0.25) is 0 Å². The fourth-order valence-electron chi connectivity index (χ4n) is 1.96. The number of nitrogens with one attached hydrogen (secondary N) is 2. The number of hydrogen-bond donors (Lipinski definition) is 2. The molecule has 0 saturated heterocycles. The van der Waals surface area contributed by atoms with E-state index in [1.807, 2.05) is 45.0 Å². The van der Waals surface area contributed by atoms with Gasteiger partial charge >= 0.3 is 0 Å². The Morgan fingerprint density at radius 2 is 2.16 bits per heavy atom. The lowest BCUT2D eigenvalue weighted by Crippen LogP contribution is -2.40. The molecule has 0 radical (unpaired) electrons. The first-order chi connectivity index (χ1) is 9.03. The van der Waals surface area contributed by atoms with Gasteiger partial charge in [0.15, 0.2) is 5.69 Å². The summed E-state index contributed by atoms with van der Waals surface area (Å²) in [4.78, 5) is 12.1. The largest absolute Gasteiger partial charge is 0.374 e. The summed E-state index contributed by atoms with van der Waals surface area (Å²) in [6.07, 6.45) is 0. The van der Waals surface area contributed by atoms with Gasteiger partial charge < -0.3 is 10.1 Å². The van der Waals surface area contributed by atoms with Crippen molar-refractivity contribution in [3.05, 3.63) is 30.0 Å². The summed E-state index contributed by atoms with van der Waals surface area (Å²) in [7, 11) is 0. The van der Waals surface area contributed by atoms with Gasteiger partial charge in [-0.25, -0.2) is 0 Å². The van der Waals surface area contributed by atoms with Gasteiger partial charge in [0.1, 0.15) is 0 Å². The third kappa shape index (κ3) is 3.12. The van der Waals surface area contributed by atoms with Gasteiger partial charge in [-0.3, -0.25) is 9.89 Å². The van der Waals surface area contributed by atoms with Gasteiger partial charge in [-0.15, -0.1) is 0 Å². The van der Waals surface area contributed by atoms with E-state index in [2.05, 4.69) is 15.5 Å². The van der Waals surface area contributed by atoms with E-state index in [4.69, 9.17) is 4.74 Å². The van der Waals surface area contributed by atoms with Crippen LogP contribution in [0.3, 0.4) is 0 Å². The molecule has 0 fully saturated rings. The van der Waals surface area contributed by atoms with E-state index in [-0.39, 0.29) is 11.5 Å². The lowest BCUT2D eigenvalue weighted by atomic mass is 10.1. The molecular weight excluding hydrogens is 242 g/mol. The molecule has 19 heavy (non-hydrogen) atoms. The van der Waals surface area contributed by atoms with Gasteiger partial charge in [-0.2, -0.15) is 5.10 Å². The van der Waals surface area contributed by atoms with E-state index >= 15 is 0 Å². The predicted octanol–water partition coefficient (Wildman–Crippen LogP) is 2.11. The number of para-hydroxylation sites is 1. The van der Waals surface area contributed by atoms with Crippen molar-refractivity contribution < 1.29 is 9.53 Å². The number of aromatic nitrogens is 2. The highest BCUT2D eigenvalue weighted by Crippen LogP contribution is 2.15. The fourth-order valence-corrected chi connectivity index (χ4v) is 1.96. The molecule has 2 N–H and O–H groups in total. The second-order valence-electron chi connectivity index (χ2n) is 4.99. The summed E-state index contributed by atoms with van der Waals surface area (Å²) >= 11 is 0. The smallest absolute Gasteiger partial charge is 0.272 e. The molecule has 2 rings (SSSR count). The second-order valence-corrected chi connectivity index (χ2v) is 4.99. The van der Waals surface area contributed by atoms with E-state index in [9.17, 15) is 4.79 Å². The Bertz CT molecular complexity index is 575.